The molecule has 4 N–H and O–H groups in total. The molecule has 146 valence electrons. The number of fused-ring (bicyclic) bond motifs is 3. The van der Waals surface area contributed by atoms with Crippen molar-refractivity contribution in [3.05, 3.63) is 47.9 Å². The molecule has 0 unspecified atom stereocenters. The fourth-order valence-corrected chi connectivity index (χ4v) is 4.78. The first-order chi connectivity index (χ1) is 13.9. The van der Waals surface area contributed by atoms with Crippen LogP contribution in [-0.2, 0) is 0 Å². The van der Waals surface area contributed by atoms with Crippen molar-refractivity contribution in [2.75, 3.05) is 5.32 Å². The van der Waals surface area contributed by atoms with E-state index in [1.807, 2.05) is 16.8 Å². The highest BCUT2D eigenvalue weighted by Gasteiger charge is 2.53. The number of aliphatic hydroxyl groups is 1. The van der Waals surface area contributed by atoms with Crippen LogP contribution in [0.15, 0.2) is 36.8 Å². The summed E-state index contributed by atoms with van der Waals surface area (Å²) in [6.45, 7) is 0. The molecule has 0 aromatic carbocycles. The van der Waals surface area contributed by atoms with Gasteiger partial charge in [0.2, 0.25) is 0 Å². The van der Waals surface area contributed by atoms with Crippen molar-refractivity contribution >= 4 is 22.6 Å². The van der Waals surface area contributed by atoms with E-state index in [1.165, 1.54) is 12.4 Å². The van der Waals surface area contributed by atoms with E-state index in [1.54, 1.807) is 12.1 Å². The van der Waals surface area contributed by atoms with Crippen molar-refractivity contribution in [2.45, 2.75) is 43.2 Å². The van der Waals surface area contributed by atoms with Gasteiger partial charge in [-0.1, -0.05) is 0 Å². The average molecular weight is 388 g/mol. The number of nitriles is 1. The summed E-state index contributed by atoms with van der Waals surface area (Å²) in [5, 5.41) is 24.0. The van der Waals surface area contributed by atoms with E-state index < -0.39 is 11.5 Å². The Balaban J connectivity index is 1.57. The molecule has 8 nitrogen and oxygen atoms in total. The fourth-order valence-electron chi connectivity index (χ4n) is 4.78. The van der Waals surface area contributed by atoms with E-state index >= 15 is 0 Å². The molecule has 2 bridgehead atoms. The van der Waals surface area contributed by atoms with Gasteiger partial charge in [0.05, 0.1) is 22.4 Å². The number of carbonyl (C=O) groups is 1. The van der Waals surface area contributed by atoms with E-state index in [2.05, 4.69) is 21.4 Å². The van der Waals surface area contributed by atoms with Crippen LogP contribution in [0.2, 0.25) is 0 Å². The standard InChI is InChI=1S/C21H20N6O2/c22-9-13-7-14-1-6-27(19(14)25-10-13)17-8-16(15(11-24-17)18(23)28)26-20-2-4-21(29,12-20)5-3-20/h1,6-8,10-11,29H,2-5,12H2,(H2,23,28)(H,24,26). The zero-order valence-corrected chi connectivity index (χ0v) is 15.7. The summed E-state index contributed by atoms with van der Waals surface area (Å²) in [5.74, 6) is 0.0377. The van der Waals surface area contributed by atoms with Gasteiger partial charge in [-0.05, 0) is 44.2 Å². The predicted molar refractivity (Wildman–Crippen MR) is 106 cm³/mol. The van der Waals surface area contributed by atoms with Crippen LogP contribution in [0.4, 0.5) is 5.69 Å². The molecule has 2 fully saturated rings. The fraction of sp³-hybridized carbons (Fsp3) is 0.333. The Bertz CT molecular complexity index is 1180. The molecule has 29 heavy (non-hydrogen) atoms. The Labute approximate surface area is 167 Å². The highest BCUT2D eigenvalue weighted by atomic mass is 16.3. The summed E-state index contributed by atoms with van der Waals surface area (Å²) in [4.78, 5) is 20.8. The van der Waals surface area contributed by atoms with Crippen molar-refractivity contribution in [1.29, 1.82) is 5.26 Å². The van der Waals surface area contributed by atoms with E-state index in [9.17, 15) is 9.90 Å². The molecule has 5 rings (SSSR count). The van der Waals surface area contributed by atoms with Crippen molar-refractivity contribution in [2.24, 2.45) is 5.73 Å². The van der Waals surface area contributed by atoms with Gasteiger partial charge in [0, 0.05) is 35.6 Å². The lowest BCUT2D eigenvalue weighted by Gasteiger charge is -2.30. The molecule has 2 aliphatic carbocycles. The van der Waals surface area contributed by atoms with Crippen LogP contribution in [0.25, 0.3) is 16.9 Å². The van der Waals surface area contributed by atoms with Gasteiger partial charge < -0.3 is 16.2 Å². The molecule has 2 saturated carbocycles. The third-order valence-electron chi connectivity index (χ3n) is 6.26. The first-order valence-corrected chi connectivity index (χ1v) is 9.58. The molecule has 1 amide bonds. The number of nitrogens with zero attached hydrogens (tertiary/aromatic N) is 4. The van der Waals surface area contributed by atoms with Crippen LogP contribution in [-0.4, -0.2) is 36.7 Å². The number of nitrogens with one attached hydrogen (secondary N) is 1. The summed E-state index contributed by atoms with van der Waals surface area (Å²) in [6.07, 6.45) is 8.72. The predicted octanol–water partition coefficient (Wildman–Crippen LogP) is 2.25. The number of carbonyl (C=O) groups excluding carboxylic acids is 1. The first-order valence-electron chi connectivity index (χ1n) is 9.58. The number of hydrogen-bond donors (Lipinski definition) is 3. The molecule has 0 aliphatic heterocycles. The summed E-state index contributed by atoms with van der Waals surface area (Å²) < 4.78 is 1.81. The Hall–Kier alpha value is -3.44. The summed E-state index contributed by atoms with van der Waals surface area (Å²) in [5.41, 5.74) is 6.85. The van der Waals surface area contributed by atoms with Crippen molar-refractivity contribution < 1.29 is 9.90 Å². The second kappa shape index (κ2) is 6.03. The monoisotopic (exact) mass is 388 g/mol. The van der Waals surface area contributed by atoms with Crippen LogP contribution in [0.3, 0.4) is 0 Å². The maximum absolute atomic E-state index is 12.0. The van der Waals surface area contributed by atoms with E-state index in [4.69, 9.17) is 11.0 Å². The van der Waals surface area contributed by atoms with Crippen LogP contribution < -0.4 is 11.1 Å². The van der Waals surface area contributed by atoms with Crippen LogP contribution >= 0.6 is 0 Å². The van der Waals surface area contributed by atoms with Gasteiger partial charge in [-0.2, -0.15) is 5.26 Å². The number of rotatable bonds is 4. The van der Waals surface area contributed by atoms with E-state index in [0.717, 1.165) is 31.1 Å². The highest BCUT2D eigenvalue weighted by Crippen LogP contribution is 2.52. The van der Waals surface area contributed by atoms with Crippen LogP contribution in [0.5, 0.6) is 0 Å². The van der Waals surface area contributed by atoms with Crippen LogP contribution in [0, 0.1) is 11.3 Å². The molecule has 0 atom stereocenters. The van der Waals surface area contributed by atoms with Gasteiger partial charge >= 0.3 is 0 Å². The molecule has 0 radical (unpaired) electrons. The minimum Gasteiger partial charge on any atom is -0.390 e. The van der Waals surface area contributed by atoms with Crippen molar-refractivity contribution in [3.8, 4) is 11.9 Å². The topological polar surface area (TPSA) is 130 Å². The van der Waals surface area contributed by atoms with E-state index in [0.29, 0.717) is 34.7 Å². The van der Waals surface area contributed by atoms with Gasteiger partial charge in [0.15, 0.2) is 0 Å². The maximum Gasteiger partial charge on any atom is 0.252 e. The van der Waals surface area contributed by atoms with Gasteiger partial charge in [-0.25, -0.2) is 9.97 Å². The molecule has 8 heteroatoms. The quantitative estimate of drug-likeness (QED) is 0.628. The number of aromatic nitrogens is 3. The van der Waals surface area contributed by atoms with Crippen LogP contribution in [0.1, 0.15) is 48.0 Å². The summed E-state index contributed by atoms with van der Waals surface area (Å²) in [7, 11) is 0. The molecule has 0 spiro atoms. The van der Waals surface area contributed by atoms with Gasteiger partial charge in [0.1, 0.15) is 17.5 Å². The maximum atomic E-state index is 12.0. The number of primary amides is 1. The number of pyridine rings is 2. The number of hydrogen-bond acceptors (Lipinski definition) is 6. The van der Waals surface area contributed by atoms with Crippen molar-refractivity contribution in [3.63, 3.8) is 0 Å². The Morgan fingerprint density at radius 1 is 1.24 bits per heavy atom. The average Bonchev–Trinajstić information content (AvgIpc) is 3.37. The zero-order valence-electron chi connectivity index (χ0n) is 15.7. The first kappa shape index (κ1) is 17.6. The van der Waals surface area contributed by atoms with Crippen molar-refractivity contribution in [1.82, 2.24) is 14.5 Å². The molecule has 0 saturated heterocycles. The molecular formula is C21H20N6O2. The smallest absolute Gasteiger partial charge is 0.252 e. The SMILES string of the molecule is N#Cc1cnc2c(ccn2-c2cc(NC34CCC(O)(CC3)C4)c(C(N)=O)cn2)c1. The minimum atomic E-state index is -0.602. The lowest BCUT2D eigenvalue weighted by atomic mass is 9.92. The Kier molecular flexibility index (Phi) is 3.67. The second-order valence-corrected chi connectivity index (χ2v) is 8.19. The van der Waals surface area contributed by atoms with Gasteiger partial charge in [-0.3, -0.25) is 9.36 Å². The van der Waals surface area contributed by atoms with Gasteiger partial charge in [0.25, 0.3) is 5.91 Å². The third-order valence-corrected chi connectivity index (χ3v) is 6.26. The zero-order chi connectivity index (χ0) is 20.2. The molecule has 3 aromatic rings. The molecule has 3 aromatic heterocycles. The summed E-state index contributed by atoms with van der Waals surface area (Å²) in [6, 6.07) is 7.52. The molecule has 3 heterocycles. The third kappa shape index (κ3) is 2.82. The molecular weight excluding hydrogens is 368 g/mol. The molecule has 2 aliphatic rings. The summed E-state index contributed by atoms with van der Waals surface area (Å²) >= 11 is 0. The Morgan fingerprint density at radius 3 is 2.69 bits per heavy atom. The lowest BCUT2D eigenvalue weighted by molar-refractivity contribution is 0.0521. The van der Waals surface area contributed by atoms with E-state index in [-0.39, 0.29) is 5.54 Å². The number of nitrogens with two attached hydrogens (primary N) is 1. The minimum absolute atomic E-state index is 0.226. The largest absolute Gasteiger partial charge is 0.390 e. The second-order valence-electron chi connectivity index (χ2n) is 8.19. The highest BCUT2D eigenvalue weighted by molar-refractivity contribution is 5.98. The number of anilines is 1. The normalized spacial score (nSPS) is 25.2. The van der Waals surface area contributed by atoms with Gasteiger partial charge in [-0.15, -0.1) is 0 Å². The lowest BCUT2D eigenvalue weighted by Crippen LogP contribution is -2.34. The number of amides is 1. The Morgan fingerprint density at radius 2 is 2.03 bits per heavy atom.